The molecular weight excluding hydrogens is 410 g/mol. The van der Waals surface area contributed by atoms with Crippen LogP contribution in [-0.2, 0) is 16.3 Å². The van der Waals surface area contributed by atoms with E-state index >= 15 is 0 Å². The molecule has 0 aliphatic carbocycles. The van der Waals surface area contributed by atoms with Gasteiger partial charge in [-0.15, -0.1) is 0 Å². The lowest BCUT2D eigenvalue weighted by Crippen LogP contribution is -2.06. The first-order valence-corrected chi connectivity index (χ1v) is 11.3. The molecule has 0 atom stereocenters. The molecule has 31 heavy (non-hydrogen) atoms. The maximum Gasteiger partial charge on any atom is 0.224 e. The summed E-state index contributed by atoms with van der Waals surface area (Å²) in [5.41, 5.74) is 8.78. The highest BCUT2D eigenvalue weighted by molar-refractivity contribution is 7.91. The van der Waals surface area contributed by atoms with E-state index in [1.807, 2.05) is 30.3 Å². The molecule has 158 valence electrons. The van der Waals surface area contributed by atoms with Gasteiger partial charge in [0.2, 0.25) is 15.8 Å². The quantitative estimate of drug-likeness (QED) is 0.407. The van der Waals surface area contributed by atoms with Crippen LogP contribution in [0.5, 0.6) is 0 Å². The summed E-state index contributed by atoms with van der Waals surface area (Å²) in [6.07, 6.45) is 0.744. The smallest absolute Gasteiger partial charge is 0.224 e. The molecule has 0 aliphatic rings. The number of rotatable bonds is 7. The first kappa shape index (κ1) is 20.6. The Balaban J connectivity index is 1.42. The molecule has 8 heteroatoms. The highest BCUT2D eigenvalue weighted by Crippen LogP contribution is 2.24. The Morgan fingerprint density at radius 2 is 1.61 bits per heavy atom. The Kier molecular flexibility index (Phi) is 5.73. The van der Waals surface area contributed by atoms with Crippen LogP contribution in [0, 0.1) is 0 Å². The third-order valence-corrected chi connectivity index (χ3v) is 6.76. The monoisotopic (exact) mass is 433 g/mol. The predicted octanol–water partition coefficient (Wildman–Crippen LogP) is 3.74. The highest BCUT2D eigenvalue weighted by atomic mass is 32.2. The fourth-order valence-electron chi connectivity index (χ4n) is 3.30. The number of nitrogens with one attached hydrogen (secondary N) is 2. The Labute approximate surface area is 181 Å². The first-order valence-electron chi connectivity index (χ1n) is 9.85. The SMILES string of the molecule is CNc1nc(N)c2cc(NCCc3ccc(S(=O)(=O)c4ccccc4)cc3)ccc2n1. The Hall–Kier alpha value is -3.65. The van der Waals surface area contributed by atoms with Crippen molar-refractivity contribution in [1.82, 2.24) is 9.97 Å². The van der Waals surface area contributed by atoms with Gasteiger partial charge < -0.3 is 16.4 Å². The van der Waals surface area contributed by atoms with Crippen molar-refractivity contribution < 1.29 is 8.42 Å². The minimum absolute atomic E-state index is 0.293. The maximum atomic E-state index is 12.7. The predicted molar refractivity (Wildman–Crippen MR) is 124 cm³/mol. The summed E-state index contributed by atoms with van der Waals surface area (Å²) in [5, 5.41) is 7.05. The summed E-state index contributed by atoms with van der Waals surface area (Å²) >= 11 is 0. The van der Waals surface area contributed by atoms with Crippen LogP contribution in [0.15, 0.2) is 82.6 Å². The van der Waals surface area contributed by atoms with Crippen molar-refractivity contribution in [1.29, 1.82) is 0 Å². The molecule has 3 aromatic carbocycles. The molecule has 4 aromatic rings. The van der Waals surface area contributed by atoms with Crippen LogP contribution in [-0.4, -0.2) is 32.0 Å². The number of aromatic nitrogens is 2. The summed E-state index contributed by atoms with van der Waals surface area (Å²) in [7, 11) is -1.74. The molecule has 0 saturated heterocycles. The van der Waals surface area contributed by atoms with E-state index in [1.54, 1.807) is 49.5 Å². The Morgan fingerprint density at radius 3 is 2.32 bits per heavy atom. The van der Waals surface area contributed by atoms with Crippen LogP contribution < -0.4 is 16.4 Å². The maximum absolute atomic E-state index is 12.7. The number of benzene rings is 3. The molecular formula is C23H23N5O2S. The number of anilines is 3. The van der Waals surface area contributed by atoms with E-state index in [2.05, 4.69) is 20.6 Å². The van der Waals surface area contributed by atoms with Gasteiger partial charge in [-0.1, -0.05) is 30.3 Å². The average molecular weight is 434 g/mol. The molecule has 0 aliphatic heterocycles. The van der Waals surface area contributed by atoms with E-state index in [9.17, 15) is 8.42 Å². The number of nitrogens with two attached hydrogens (primary N) is 1. The number of hydrogen-bond acceptors (Lipinski definition) is 7. The standard InChI is InChI=1S/C23H23N5O2S/c1-25-23-27-21-12-9-17(15-20(21)22(24)28-23)26-14-13-16-7-10-19(11-8-16)31(29,30)18-5-3-2-4-6-18/h2-12,15,26H,13-14H2,1H3,(H3,24,25,27,28). The second-order valence-electron chi connectivity index (χ2n) is 7.05. The molecule has 0 spiro atoms. The molecule has 4 N–H and O–H groups in total. The zero-order valence-corrected chi connectivity index (χ0v) is 17.9. The van der Waals surface area contributed by atoms with E-state index in [1.165, 1.54) is 0 Å². The molecule has 0 amide bonds. The summed E-state index contributed by atoms with van der Waals surface area (Å²) in [5.74, 6) is 0.914. The van der Waals surface area contributed by atoms with Crippen LogP contribution in [0.3, 0.4) is 0 Å². The molecule has 7 nitrogen and oxygen atoms in total. The number of nitrogen functional groups attached to an aromatic ring is 1. The lowest BCUT2D eigenvalue weighted by atomic mass is 10.1. The van der Waals surface area contributed by atoms with Crippen LogP contribution in [0.1, 0.15) is 5.56 Å². The topological polar surface area (TPSA) is 110 Å². The number of fused-ring (bicyclic) bond motifs is 1. The van der Waals surface area contributed by atoms with Gasteiger partial charge in [0.05, 0.1) is 15.3 Å². The second kappa shape index (κ2) is 8.61. The molecule has 0 saturated carbocycles. The molecule has 0 unspecified atom stereocenters. The van der Waals surface area contributed by atoms with Gasteiger partial charge in [-0.2, -0.15) is 4.98 Å². The van der Waals surface area contributed by atoms with E-state index in [0.29, 0.717) is 28.1 Å². The van der Waals surface area contributed by atoms with Crippen molar-refractivity contribution >= 4 is 38.2 Å². The Bertz CT molecular complexity index is 1310. The van der Waals surface area contributed by atoms with Crippen molar-refractivity contribution in [3.63, 3.8) is 0 Å². The molecule has 0 radical (unpaired) electrons. The molecule has 1 heterocycles. The minimum atomic E-state index is -3.49. The van der Waals surface area contributed by atoms with Crippen LogP contribution in [0.4, 0.5) is 17.5 Å². The lowest BCUT2D eigenvalue weighted by Gasteiger charge is -2.10. The van der Waals surface area contributed by atoms with Crippen molar-refractivity contribution in [2.24, 2.45) is 0 Å². The molecule has 0 fully saturated rings. The van der Waals surface area contributed by atoms with Gasteiger partial charge in [0, 0.05) is 24.7 Å². The third kappa shape index (κ3) is 4.44. The minimum Gasteiger partial charge on any atom is -0.385 e. The van der Waals surface area contributed by atoms with Crippen LogP contribution in [0.25, 0.3) is 10.9 Å². The van der Waals surface area contributed by atoms with Crippen LogP contribution >= 0.6 is 0 Å². The lowest BCUT2D eigenvalue weighted by molar-refractivity contribution is 0.596. The van der Waals surface area contributed by atoms with E-state index in [0.717, 1.165) is 28.6 Å². The van der Waals surface area contributed by atoms with Gasteiger partial charge in [0.25, 0.3) is 0 Å². The zero-order valence-electron chi connectivity index (χ0n) is 17.0. The summed E-state index contributed by atoms with van der Waals surface area (Å²) < 4.78 is 25.4. The fourth-order valence-corrected chi connectivity index (χ4v) is 4.58. The average Bonchev–Trinajstić information content (AvgIpc) is 2.80. The van der Waals surface area contributed by atoms with E-state index in [4.69, 9.17) is 5.73 Å². The van der Waals surface area contributed by atoms with Gasteiger partial charge in [0.15, 0.2) is 0 Å². The zero-order chi connectivity index (χ0) is 21.8. The van der Waals surface area contributed by atoms with Crippen molar-refractivity contribution in [3.05, 3.63) is 78.4 Å². The van der Waals surface area contributed by atoms with E-state index in [-0.39, 0.29) is 0 Å². The largest absolute Gasteiger partial charge is 0.385 e. The van der Waals surface area contributed by atoms with Gasteiger partial charge in [-0.05, 0) is 54.4 Å². The number of sulfone groups is 1. The molecule has 0 bridgehead atoms. The van der Waals surface area contributed by atoms with Gasteiger partial charge >= 0.3 is 0 Å². The second-order valence-corrected chi connectivity index (χ2v) is 9.00. The fraction of sp³-hybridized carbons (Fsp3) is 0.130. The van der Waals surface area contributed by atoms with Crippen molar-refractivity contribution in [3.8, 4) is 0 Å². The molecule has 1 aromatic heterocycles. The van der Waals surface area contributed by atoms with Gasteiger partial charge in [-0.25, -0.2) is 13.4 Å². The third-order valence-electron chi connectivity index (χ3n) is 4.98. The summed E-state index contributed by atoms with van der Waals surface area (Å²) in [6, 6.07) is 21.2. The summed E-state index contributed by atoms with van der Waals surface area (Å²) in [6.45, 7) is 0.686. The van der Waals surface area contributed by atoms with E-state index < -0.39 is 9.84 Å². The van der Waals surface area contributed by atoms with Crippen LogP contribution in [0.2, 0.25) is 0 Å². The Morgan fingerprint density at radius 1 is 0.903 bits per heavy atom. The normalized spacial score (nSPS) is 11.4. The van der Waals surface area contributed by atoms with Crippen molar-refractivity contribution in [2.75, 3.05) is 30.0 Å². The number of nitrogens with zero attached hydrogens (tertiary/aromatic N) is 2. The van der Waals surface area contributed by atoms with Gasteiger partial charge in [-0.3, -0.25) is 0 Å². The highest BCUT2D eigenvalue weighted by Gasteiger charge is 2.16. The molecule has 4 rings (SSSR count). The number of hydrogen-bond donors (Lipinski definition) is 3. The van der Waals surface area contributed by atoms with Crippen molar-refractivity contribution in [2.45, 2.75) is 16.2 Å². The summed E-state index contributed by atoms with van der Waals surface area (Å²) in [4.78, 5) is 9.20. The first-order chi connectivity index (χ1) is 15.0. The van der Waals surface area contributed by atoms with Gasteiger partial charge in [0.1, 0.15) is 5.82 Å².